The fourth-order valence-electron chi connectivity index (χ4n) is 3.33. The molecule has 1 aromatic carbocycles. The lowest BCUT2D eigenvalue weighted by Gasteiger charge is -2.32. The zero-order chi connectivity index (χ0) is 19.6. The first kappa shape index (κ1) is 19.4. The zero-order valence-corrected chi connectivity index (χ0v) is 16.1. The number of amides is 1. The van der Waals surface area contributed by atoms with Crippen LogP contribution in [0.15, 0.2) is 24.3 Å². The van der Waals surface area contributed by atoms with Crippen LogP contribution in [0.5, 0.6) is 0 Å². The van der Waals surface area contributed by atoms with E-state index in [4.69, 9.17) is 21.4 Å². The highest BCUT2D eigenvalue weighted by Gasteiger charge is 2.29. The molecular formula is C19H22ClN3O4. The van der Waals surface area contributed by atoms with Gasteiger partial charge in [0.15, 0.2) is 0 Å². The molecule has 1 aliphatic heterocycles. The highest BCUT2D eigenvalue weighted by molar-refractivity contribution is 6.31. The normalized spacial score (nSPS) is 17.1. The van der Waals surface area contributed by atoms with Gasteiger partial charge in [0.1, 0.15) is 0 Å². The Morgan fingerprint density at radius 1 is 1.33 bits per heavy atom. The van der Waals surface area contributed by atoms with E-state index < -0.39 is 12.1 Å². The maximum atomic E-state index is 13.0. The molecule has 0 spiro atoms. The van der Waals surface area contributed by atoms with Crippen molar-refractivity contribution in [2.45, 2.75) is 32.9 Å². The van der Waals surface area contributed by atoms with Crippen molar-refractivity contribution in [3.63, 3.8) is 0 Å². The van der Waals surface area contributed by atoms with Gasteiger partial charge in [0.25, 0.3) is 5.91 Å². The summed E-state index contributed by atoms with van der Waals surface area (Å²) in [5.41, 5.74) is 2.89. The number of aromatic nitrogens is 2. The van der Waals surface area contributed by atoms with E-state index in [0.29, 0.717) is 36.0 Å². The molecule has 1 N–H and O–H groups in total. The lowest BCUT2D eigenvalue weighted by molar-refractivity contribution is -0.141. The van der Waals surface area contributed by atoms with E-state index in [9.17, 15) is 9.59 Å². The van der Waals surface area contributed by atoms with Crippen LogP contribution in [0.1, 0.15) is 33.7 Å². The third kappa shape index (κ3) is 4.31. The molecule has 8 heteroatoms. The number of morpholine rings is 1. The number of carboxylic acid groups (broad SMARTS) is 1. The lowest BCUT2D eigenvalue weighted by atomic mass is 10.1. The van der Waals surface area contributed by atoms with Crippen molar-refractivity contribution in [1.82, 2.24) is 14.7 Å². The second-order valence-electron chi connectivity index (χ2n) is 6.64. The number of benzene rings is 1. The van der Waals surface area contributed by atoms with Crippen molar-refractivity contribution in [1.29, 1.82) is 0 Å². The molecule has 0 saturated carbocycles. The first-order valence-corrected chi connectivity index (χ1v) is 9.14. The van der Waals surface area contributed by atoms with Crippen LogP contribution < -0.4 is 0 Å². The average molecular weight is 392 g/mol. The molecule has 1 saturated heterocycles. The Kier molecular flexibility index (Phi) is 5.82. The number of nitrogens with zero attached hydrogens (tertiary/aromatic N) is 3. The summed E-state index contributed by atoms with van der Waals surface area (Å²) in [7, 11) is 0. The van der Waals surface area contributed by atoms with Gasteiger partial charge < -0.3 is 14.7 Å². The van der Waals surface area contributed by atoms with E-state index >= 15 is 0 Å². The molecule has 0 unspecified atom stereocenters. The van der Waals surface area contributed by atoms with Crippen molar-refractivity contribution in [3.05, 3.63) is 51.8 Å². The van der Waals surface area contributed by atoms with E-state index in [-0.39, 0.29) is 18.9 Å². The minimum Gasteiger partial charge on any atom is -0.481 e. The molecule has 2 heterocycles. The van der Waals surface area contributed by atoms with Crippen LogP contribution in [0.2, 0.25) is 5.02 Å². The monoisotopic (exact) mass is 391 g/mol. The molecule has 27 heavy (non-hydrogen) atoms. The van der Waals surface area contributed by atoms with Gasteiger partial charge in [-0.25, -0.2) is 0 Å². The Bertz CT molecular complexity index is 865. The van der Waals surface area contributed by atoms with Crippen molar-refractivity contribution < 1.29 is 19.4 Å². The SMILES string of the molecule is Cc1nn(Cc2ccccc2Cl)c(C)c1C(=O)N1CCO[C@H](CC(=O)O)C1. The molecule has 144 valence electrons. The molecule has 0 aliphatic carbocycles. The van der Waals surface area contributed by atoms with Crippen LogP contribution in [0.4, 0.5) is 0 Å². The molecule has 1 amide bonds. The van der Waals surface area contributed by atoms with Gasteiger partial charge in [-0.2, -0.15) is 5.10 Å². The summed E-state index contributed by atoms with van der Waals surface area (Å²) in [5, 5.41) is 14.1. The van der Waals surface area contributed by atoms with Gasteiger partial charge in [-0.1, -0.05) is 29.8 Å². The van der Waals surface area contributed by atoms with Crippen molar-refractivity contribution in [2.75, 3.05) is 19.7 Å². The number of aliphatic carboxylic acids is 1. The summed E-state index contributed by atoms with van der Waals surface area (Å²) in [5.74, 6) is -1.08. The summed E-state index contributed by atoms with van der Waals surface area (Å²) < 4.78 is 7.23. The molecular weight excluding hydrogens is 370 g/mol. The van der Waals surface area contributed by atoms with Crippen molar-refractivity contribution >= 4 is 23.5 Å². The smallest absolute Gasteiger partial charge is 0.306 e. The van der Waals surface area contributed by atoms with Gasteiger partial charge >= 0.3 is 5.97 Å². The van der Waals surface area contributed by atoms with Crippen LogP contribution in [0.25, 0.3) is 0 Å². The number of carbonyl (C=O) groups excluding carboxylic acids is 1. The van der Waals surface area contributed by atoms with Crippen LogP contribution >= 0.6 is 11.6 Å². The lowest BCUT2D eigenvalue weighted by Crippen LogP contribution is -2.46. The summed E-state index contributed by atoms with van der Waals surface area (Å²) in [6.07, 6.45) is -0.605. The molecule has 1 fully saturated rings. The van der Waals surface area contributed by atoms with Gasteiger partial charge in [0.2, 0.25) is 0 Å². The van der Waals surface area contributed by atoms with Gasteiger partial charge in [-0.3, -0.25) is 14.3 Å². The van der Waals surface area contributed by atoms with Crippen molar-refractivity contribution in [2.24, 2.45) is 0 Å². The van der Waals surface area contributed by atoms with E-state index in [2.05, 4.69) is 5.10 Å². The minimum absolute atomic E-state index is 0.118. The van der Waals surface area contributed by atoms with E-state index in [0.717, 1.165) is 11.3 Å². The Labute approximate surface area is 162 Å². The number of carbonyl (C=O) groups is 2. The number of hydrogen-bond acceptors (Lipinski definition) is 4. The number of halogens is 1. The predicted molar refractivity (Wildman–Crippen MR) is 100 cm³/mol. The molecule has 0 bridgehead atoms. The first-order valence-electron chi connectivity index (χ1n) is 8.77. The van der Waals surface area contributed by atoms with Gasteiger partial charge in [-0.05, 0) is 25.5 Å². The molecule has 1 aromatic heterocycles. The number of carboxylic acids is 1. The molecule has 7 nitrogen and oxygen atoms in total. The molecule has 1 atom stereocenters. The van der Waals surface area contributed by atoms with Crippen LogP contribution in [0.3, 0.4) is 0 Å². The summed E-state index contributed by atoms with van der Waals surface area (Å²) >= 11 is 6.24. The standard InChI is InChI=1S/C19H22ClN3O4/c1-12-18(19(26)22-7-8-27-15(11-22)9-17(24)25)13(2)23(21-12)10-14-5-3-4-6-16(14)20/h3-6,15H,7-11H2,1-2H3,(H,24,25)/t15-/m1/s1. The molecule has 3 rings (SSSR count). The van der Waals surface area contributed by atoms with Crippen molar-refractivity contribution in [3.8, 4) is 0 Å². The summed E-state index contributed by atoms with van der Waals surface area (Å²) in [6, 6.07) is 7.53. The number of rotatable bonds is 5. The second-order valence-corrected chi connectivity index (χ2v) is 7.04. The number of hydrogen-bond donors (Lipinski definition) is 1. The minimum atomic E-state index is -0.936. The fourth-order valence-corrected chi connectivity index (χ4v) is 3.52. The van der Waals surface area contributed by atoms with Gasteiger partial charge in [-0.15, -0.1) is 0 Å². The topological polar surface area (TPSA) is 84.7 Å². The average Bonchev–Trinajstić information content (AvgIpc) is 2.89. The van der Waals surface area contributed by atoms with E-state index in [1.54, 1.807) is 16.5 Å². The van der Waals surface area contributed by atoms with Crippen LogP contribution in [-0.2, 0) is 16.1 Å². The Morgan fingerprint density at radius 3 is 2.78 bits per heavy atom. The molecule has 0 radical (unpaired) electrons. The van der Waals surface area contributed by atoms with Crippen LogP contribution in [0, 0.1) is 13.8 Å². The third-order valence-corrected chi connectivity index (χ3v) is 5.07. The number of aryl methyl sites for hydroxylation is 1. The largest absolute Gasteiger partial charge is 0.481 e. The van der Waals surface area contributed by atoms with E-state index in [1.807, 2.05) is 31.2 Å². The molecule has 2 aromatic rings. The highest BCUT2D eigenvalue weighted by Crippen LogP contribution is 2.21. The Hall–Kier alpha value is -2.38. The summed E-state index contributed by atoms with van der Waals surface area (Å²) in [4.78, 5) is 25.6. The predicted octanol–water partition coefficient (Wildman–Crippen LogP) is 2.52. The quantitative estimate of drug-likeness (QED) is 0.846. The highest BCUT2D eigenvalue weighted by atomic mass is 35.5. The first-order chi connectivity index (χ1) is 12.9. The Morgan fingerprint density at radius 2 is 2.07 bits per heavy atom. The maximum absolute atomic E-state index is 13.0. The second kappa shape index (κ2) is 8.10. The maximum Gasteiger partial charge on any atom is 0.306 e. The fraction of sp³-hybridized carbons (Fsp3) is 0.421. The zero-order valence-electron chi connectivity index (χ0n) is 15.3. The third-order valence-electron chi connectivity index (χ3n) is 4.70. The summed E-state index contributed by atoms with van der Waals surface area (Å²) in [6.45, 7) is 5.17. The number of ether oxygens (including phenoxy) is 1. The van der Waals surface area contributed by atoms with Gasteiger partial charge in [0, 0.05) is 23.8 Å². The van der Waals surface area contributed by atoms with E-state index in [1.165, 1.54) is 0 Å². The molecule has 1 aliphatic rings. The van der Waals surface area contributed by atoms with Crippen LogP contribution in [-0.4, -0.2) is 57.5 Å². The Balaban J connectivity index is 1.80. The van der Waals surface area contributed by atoms with Gasteiger partial charge in [0.05, 0.1) is 36.9 Å².